The van der Waals surface area contributed by atoms with Crippen LogP contribution in [-0.4, -0.2) is 16.1 Å². The summed E-state index contributed by atoms with van der Waals surface area (Å²) in [6.45, 7) is 0.878. The molecule has 0 bridgehead atoms. The molecule has 0 unspecified atom stereocenters. The van der Waals surface area contributed by atoms with E-state index in [9.17, 15) is 4.79 Å². The van der Waals surface area contributed by atoms with E-state index < -0.39 is 5.97 Å². The third-order valence-electron chi connectivity index (χ3n) is 2.46. The van der Waals surface area contributed by atoms with Crippen molar-refractivity contribution in [2.45, 2.75) is 13.2 Å². The molecule has 4 heteroatoms. The molecule has 0 amide bonds. The molecule has 0 aliphatic rings. The molecule has 0 atom stereocenters. The first-order chi connectivity index (χ1) is 8.75. The van der Waals surface area contributed by atoms with E-state index in [4.69, 9.17) is 9.84 Å². The van der Waals surface area contributed by atoms with Crippen LogP contribution in [0.15, 0.2) is 48.8 Å². The fourth-order valence-electron chi connectivity index (χ4n) is 1.56. The smallest absolute Gasteiger partial charge is 0.335 e. The standard InChI is InChI=1S/C14H13NO3/c16-14(17)13-3-1-2-12(8-13)10-18-9-11-4-6-15-7-5-11/h1-8H,9-10H2,(H,16,17). The first-order valence-corrected chi connectivity index (χ1v) is 5.54. The van der Waals surface area contributed by atoms with E-state index in [-0.39, 0.29) is 5.56 Å². The molecule has 1 aromatic carbocycles. The van der Waals surface area contributed by atoms with Crippen molar-refractivity contribution < 1.29 is 14.6 Å². The number of carbonyl (C=O) groups is 1. The number of nitrogens with zero attached hydrogens (tertiary/aromatic N) is 1. The third-order valence-corrected chi connectivity index (χ3v) is 2.46. The molecule has 4 nitrogen and oxygen atoms in total. The summed E-state index contributed by atoms with van der Waals surface area (Å²) in [5, 5.41) is 8.86. The Morgan fingerprint density at radius 2 is 1.83 bits per heavy atom. The van der Waals surface area contributed by atoms with Crippen LogP contribution in [0, 0.1) is 0 Å². The lowest BCUT2D eigenvalue weighted by Crippen LogP contribution is -1.99. The summed E-state index contributed by atoms with van der Waals surface area (Å²) in [4.78, 5) is 14.7. The second kappa shape index (κ2) is 5.93. The van der Waals surface area contributed by atoms with Crippen molar-refractivity contribution in [2.75, 3.05) is 0 Å². The molecular formula is C14H13NO3. The predicted octanol–water partition coefficient (Wildman–Crippen LogP) is 2.50. The Hall–Kier alpha value is -2.20. The minimum atomic E-state index is -0.925. The van der Waals surface area contributed by atoms with E-state index >= 15 is 0 Å². The Morgan fingerprint density at radius 1 is 1.11 bits per heavy atom. The molecule has 0 saturated heterocycles. The quantitative estimate of drug-likeness (QED) is 0.876. The maximum Gasteiger partial charge on any atom is 0.335 e. The average molecular weight is 243 g/mol. The molecule has 2 rings (SSSR count). The van der Waals surface area contributed by atoms with Crippen molar-refractivity contribution in [3.8, 4) is 0 Å². The second-order valence-corrected chi connectivity index (χ2v) is 3.85. The van der Waals surface area contributed by atoms with Gasteiger partial charge in [-0.25, -0.2) is 4.79 Å². The van der Waals surface area contributed by atoms with Gasteiger partial charge in [-0.05, 0) is 35.4 Å². The number of aromatic carboxylic acids is 1. The monoisotopic (exact) mass is 243 g/mol. The van der Waals surface area contributed by atoms with Gasteiger partial charge in [-0.15, -0.1) is 0 Å². The van der Waals surface area contributed by atoms with Crippen LogP contribution in [0.4, 0.5) is 0 Å². The van der Waals surface area contributed by atoms with Crippen LogP contribution in [0.3, 0.4) is 0 Å². The van der Waals surface area contributed by atoms with E-state index in [0.717, 1.165) is 11.1 Å². The molecule has 18 heavy (non-hydrogen) atoms. The molecule has 0 fully saturated rings. The minimum absolute atomic E-state index is 0.278. The van der Waals surface area contributed by atoms with Gasteiger partial charge in [0.2, 0.25) is 0 Å². The summed E-state index contributed by atoms with van der Waals surface area (Å²) in [6.07, 6.45) is 3.42. The summed E-state index contributed by atoms with van der Waals surface area (Å²) in [7, 11) is 0. The molecule has 0 saturated carbocycles. The number of benzene rings is 1. The normalized spacial score (nSPS) is 10.2. The lowest BCUT2D eigenvalue weighted by molar-refractivity contribution is 0.0696. The first kappa shape index (κ1) is 12.3. The van der Waals surface area contributed by atoms with Crippen molar-refractivity contribution in [2.24, 2.45) is 0 Å². The van der Waals surface area contributed by atoms with Gasteiger partial charge in [-0.3, -0.25) is 4.98 Å². The summed E-state index contributed by atoms with van der Waals surface area (Å²) >= 11 is 0. The number of hydrogen-bond acceptors (Lipinski definition) is 3. The van der Waals surface area contributed by atoms with E-state index in [2.05, 4.69) is 4.98 Å². The Balaban J connectivity index is 1.90. The van der Waals surface area contributed by atoms with Gasteiger partial charge >= 0.3 is 5.97 Å². The Kier molecular flexibility index (Phi) is 4.04. The van der Waals surface area contributed by atoms with Crippen LogP contribution < -0.4 is 0 Å². The van der Waals surface area contributed by atoms with Crippen molar-refractivity contribution in [1.82, 2.24) is 4.98 Å². The number of rotatable bonds is 5. The highest BCUT2D eigenvalue weighted by Crippen LogP contribution is 2.08. The van der Waals surface area contributed by atoms with Gasteiger partial charge in [-0.1, -0.05) is 12.1 Å². The van der Waals surface area contributed by atoms with Gasteiger partial charge < -0.3 is 9.84 Å². The second-order valence-electron chi connectivity index (χ2n) is 3.85. The van der Waals surface area contributed by atoms with Gasteiger partial charge in [0.05, 0.1) is 18.8 Å². The van der Waals surface area contributed by atoms with Crippen LogP contribution in [0.1, 0.15) is 21.5 Å². The highest BCUT2D eigenvalue weighted by atomic mass is 16.5. The summed E-state index contributed by atoms with van der Waals surface area (Å²) in [5.74, 6) is -0.925. The molecule has 0 aliphatic carbocycles. The number of pyridine rings is 1. The molecule has 92 valence electrons. The summed E-state index contributed by atoms with van der Waals surface area (Å²) in [5.41, 5.74) is 2.17. The van der Waals surface area contributed by atoms with Crippen LogP contribution in [0.25, 0.3) is 0 Å². The lowest BCUT2D eigenvalue weighted by atomic mass is 10.1. The fourth-order valence-corrected chi connectivity index (χ4v) is 1.56. The maximum atomic E-state index is 10.8. The number of aromatic nitrogens is 1. The maximum absolute atomic E-state index is 10.8. The number of hydrogen-bond donors (Lipinski definition) is 1. The van der Waals surface area contributed by atoms with Crippen LogP contribution in [0.5, 0.6) is 0 Å². The van der Waals surface area contributed by atoms with E-state index in [1.165, 1.54) is 0 Å². The van der Waals surface area contributed by atoms with E-state index in [1.54, 1.807) is 30.6 Å². The molecule has 0 aliphatic heterocycles. The Labute approximate surface area is 105 Å². The van der Waals surface area contributed by atoms with Crippen LogP contribution in [-0.2, 0) is 18.0 Å². The largest absolute Gasteiger partial charge is 0.478 e. The SMILES string of the molecule is O=C(O)c1cccc(COCc2ccncc2)c1. The van der Waals surface area contributed by atoms with Gasteiger partial charge in [-0.2, -0.15) is 0 Å². The highest BCUT2D eigenvalue weighted by Gasteiger charge is 2.03. The molecule has 2 aromatic rings. The topological polar surface area (TPSA) is 59.4 Å². The zero-order valence-electron chi connectivity index (χ0n) is 9.74. The minimum Gasteiger partial charge on any atom is -0.478 e. The zero-order chi connectivity index (χ0) is 12.8. The zero-order valence-corrected chi connectivity index (χ0v) is 9.74. The van der Waals surface area contributed by atoms with E-state index in [0.29, 0.717) is 13.2 Å². The fraction of sp³-hybridized carbons (Fsp3) is 0.143. The lowest BCUT2D eigenvalue weighted by Gasteiger charge is -2.05. The van der Waals surface area contributed by atoms with Crippen molar-refractivity contribution in [3.05, 3.63) is 65.5 Å². The van der Waals surface area contributed by atoms with Crippen molar-refractivity contribution in [3.63, 3.8) is 0 Å². The van der Waals surface area contributed by atoms with Gasteiger partial charge in [0.1, 0.15) is 0 Å². The highest BCUT2D eigenvalue weighted by molar-refractivity contribution is 5.87. The number of carboxylic acid groups (broad SMARTS) is 1. The van der Waals surface area contributed by atoms with Gasteiger partial charge in [0.15, 0.2) is 0 Å². The third kappa shape index (κ3) is 3.40. The molecule has 1 N–H and O–H groups in total. The summed E-state index contributed by atoms with van der Waals surface area (Å²) in [6, 6.07) is 10.5. The molecule has 1 aromatic heterocycles. The molecule has 0 radical (unpaired) electrons. The Morgan fingerprint density at radius 3 is 2.56 bits per heavy atom. The summed E-state index contributed by atoms with van der Waals surface area (Å²) < 4.78 is 5.52. The molecule has 0 spiro atoms. The van der Waals surface area contributed by atoms with E-state index in [1.807, 2.05) is 18.2 Å². The number of ether oxygens (including phenoxy) is 1. The average Bonchev–Trinajstić information content (AvgIpc) is 2.40. The van der Waals surface area contributed by atoms with Crippen molar-refractivity contribution >= 4 is 5.97 Å². The van der Waals surface area contributed by atoms with Crippen molar-refractivity contribution in [1.29, 1.82) is 0 Å². The van der Waals surface area contributed by atoms with Crippen LogP contribution in [0.2, 0.25) is 0 Å². The first-order valence-electron chi connectivity index (χ1n) is 5.54. The molecular weight excluding hydrogens is 230 g/mol. The van der Waals surface area contributed by atoms with Crippen LogP contribution >= 0.6 is 0 Å². The van der Waals surface area contributed by atoms with Gasteiger partial charge in [0, 0.05) is 12.4 Å². The predicted molar refractivity (Wildman–Crippen MR) is 66.1 cm³/mol. The van der Waals surface area contributed by atoms with Gasteiger partial charge in [0.25, 0.3) is 0 Å². The number of carboxylic acids is 1. The Bertz CT molecular complexity index is 526. The molecule has 1 heterocycles.